The zero-order valence-electron chi connectivity index (χ0n) is 18.4. The molecule has 33 heavy (non-hydrogen) atoms. The number of nitrogens with two attached hydrogens (primary N) is 1. The van der Waals surface area contributed by atoms with Crippen LogP contribution in [0, 0.1) is 6.92 Å². The highest BCUT2D eigenvalue weighted by Crippen LogP contribution is 2.31. The minimum Gasteiger partial charge on any atom is -0.370 e. The summed E-state index contributed by atoms with van der Waals surface area (Å²) in [5, 5.41) is 2.99. The number of nitrogens with one attached hydrogen (secondary N) is 1. The molecule has 0 atom stereocenters. The van der Waals surface area contributed by atoms with E-state index in [2.05, 4.69) is 19.8 Å². The molecule has 1 fully saturated rings. The monoisotopic (exact) mass is 439 g/mol. The summed E-state index contributed by atoms with van der Waals surface area (Å²) < 4.78 is 2.07. The van der Waals surface area contributed by atoms with Crippen molar-refractivity contribution in [2.45, 2.75) is 19.8 Å². The Bertz CT molecular complexity index is 1350. The van der Waals surface area contributed by atoms with Crippen LogP contribution < -0.4 is 16.0 Å². The number of hydrogen-bond acceptors (Lipinski definition) is 4. The van der Waals surface area contributed by atoms with Gasteiger partial charge in [0.05, 0.1) is 22.4 Å². The summed E-state index contributed by atoms with van der Waals surface area (Å²) in [5.41, 5.74) is 10.5. The lowest BCUT2D eigenvalue weighted by Gasteiger charge is -2.22. The molecular weight excluding hydrogens is 414 g/mol. The highest BCUT2D eigenvalue weighted by molar-refractivity contribution is 6.08. The van der Waals surface area contributed by atoms with Crippen LogP contribution in [-0.2, 0) is 0 Å². The van der Waals surface area contributed by atoms with Crippen LogP contribution in [0.2, 0.25) is 0 Å². The van der Waals surface area contributed by atoms with E-state index < -0.39 is 5.91 Å². The van der Waals surface area contributed by atoms with Gasteiger partial charge in [-0.1, -0.05) is 18.2 Å². The van der Waals surface area contributed by atoms with Crippen molar-refractivity contribution >= 4 is 34.2 Å². The lowest BCUT2D eigenvalue weighted by molar-refractivity contribution is 0.0996. The summed E-state index contributed by atoms with van der Waals surface area (Å²) in [6, 6.07) is 20.7. The highest BCUT2D eigenvalue weighted by Gasteiger charge is 2.19. The zero-order valence-corrected chi connectivity index (χ0v) is 18.4. The van der Waals surface area contributed by atoms with E-state index in [1.165, 1.54) is 0 Å². The van der Waals surface area contributed by atoms with E-state index in [1.807, 2.05) is 49.4 Å². The van der Waals surface area contributed by atoms with Gasteiger partial charge in [0.25, 0.3) is 5.91 Å². The molecule has 7 nitrogen and oxygen atoms in total. The quantitative estimate of drug-likeness (QED) is 0.485. The largest absolute Gasteiger partial charge is 0.370 e. The zero-order chi connectivity index (χ0) is 22.9. The Morgan fingerprint density at radius 3 is 2.39 bits per heavy atom. The van der Waals surface area contributed by atoms with E-state index in [9.17, 15) is 9.59 Å². The van der Waals surface area contributed by atoms with E-state index in [4.69, 9.17) is 5.73 Å². The first-order chi connectivity index (χ1) is 16.0. The molecular formula is C26H25N5O2. The van der Waals surface area contributed by atoms with E-state index >= 15 is 0 Å². The molecule has 0 aliphatic carbocycles. The molecule has 166 valence electrons. The Labute approximate surface area is 191 Å². The number of aromatic nitrogens is 2. The van der Waals surface area contributed by atoms with Crippen LogP contribution in [0.5, 0.6) is 0 Å². The van der Waals surface area contributed by atoms with Crippen LogP contribution in [-0.4, -0.2) is 34.5 Å². The van der Waals surface area contributed by atoms with E-state index in [0.717, 1.165) is 54.2 Å². The fraction of sp³-hybridized carbons (Fsp3) is 0.192. The molecule has 1 saturated heterocycles. The number of fused-ring (bicyclic) bond motifs is 1. The molecule has 0 spiro atoms. The summed E-state index contributed by atoms with van der Waals surface area (Å²) >= 11 is 0. The van der Waals surface area contributed by atoms with Crippen molar-refractivity contribution in [2.24, 2.45) is 5.73 Å². The summed E-state index contributed by atoms with van der Waals surface area (Å²) in [4.78, 5) is 31.8. The number of nitrogens with zero attached hydrogens (tertiary/aromatic N) is 3. The number of amides is 2. The Morgan fingerprint density at radius 1 is 0.939 bits per heavy atom. The van der Waals surface area contributed by atoms with Gasteiger partial charge < -0.3 is 16.0 Å². The Morgan fingerprint density at radius 2 is 1.67 bits per heavy atom. The molecule has 1 aromatic heterocycles. The molecule has 2 heterocycles. The third kappa shape index (κ3) is 3.93. The second-order valence-electron chi connectivity index (χ2n) is 8.28. The van der Waals surface area contributed by atoms with Gasteiger partial charge in [-0.25, -0.2) is 4.98 Å². The van der Waals surface area contributed by atoms with Crippen LogP contribution in [0.1, 0.15) is 39.4 Å². The van der Waals surface area contributed by atoms with Gasteiger partial charge >= 0.3 is 0 Å². The van der Waals surface area contributed by atoms with Crippen LogP contribution >= 0.6 is 0 Å². The second kappa shape index (κ2) is 8.43. The second-order valence-corrected chi connectivity index (χ2v) is 8.28. The standard InChI is InChI=1S/C26H25N5O2/c1-17-28-22-16-19(10-12-24(22)31(17)20-7-3-2-4-8-20)26(33)29-21-15-18(25(27)32)9-11-23(21)30-13-5-6-14-30/h2-4,7-12,15-16H,5-6,13-14H2,1H3,(H2,27,32)(H,29,33). The van der Waals surface area contributed by atoms with Gasteiger partial charge in [-0.15, -0.1) is 0 Å². The predicted octanol–water partition coefficient (Wildman–Crippen LogP) is 4.29. The van der Waals surface area contributed by atoms with Crippen LogP contribution in [0.4, 0.5) is 11.4 Å². The van der Waals surface area contributed by atoms with E-state index in [-0.39, 0.29) is 5.91 Å². The molecule has 5 rings (SSSR count). The first-order valence-electron chi connectivity index (χ1n) is 11.1. The number of imidazole rings is 1. The third-order valence-corrected chi connectivity index (χ3v) is 6.07. The Hall–Kier alpha value is -4.13. The van der Waals surface area contributed by atoms with Gasteiger partial charge in [0.1, 0.15) is 5.82 Å². The lowest BCUT2D eigenvalue weighted by atomic mass is 10.1. The van der Waals surface area contributed by atoms with Crippen LogP contribution in [0.15, 0.2) is 66.7 Å². The number of carbonyl (C=O) groups excluding carboxylic acids is 2. The average Bonchev–Trinajstić information content (AvgIpc) is 3.46. The van der Waals surface area contributed by atoms with Crippen LogP contribution in [0.25, 0.3) is 16.7 Å². The summed E-state index contributed by atoms with van der Waals surface area (Å²) in [6.07, 6.45) is 2.20. The van der Waals surface area contributed by atoms with Gasteiger partial charge in [-0.2, -0.15) is 0 Å². The first-order valence-corrected chi connectivity index (χ1v) is 11.1. The van der Waals surface area contributed by atoms with Crippen molar-refractivity contribution in [3.8, 4) is 5.69 Å². The number of rotatable bonds is 5. The molecule has 7 heteroatoms. The Kier molecular flexibility index (Phi) is 5.30. The maximum absolute atomic E-state index is 13.2. The van der Waals surface area contributed by atoms with Crippen molar-refractivity contribution in [1.29, 1.82) is 0 Å². The summed E-state index contributed by atoms with van der Waals surface area (Å²) in [7, 11) is 0. The minimum atomic E-state index is -0.526. The molecule has 0 unspecified atom stereocenters. The van der Waals surface area contributed by atoms with Crippen molar-refractivity contribution < 1.29 is 9.59 Å². The SMILES string of the molecule is Cc1nc2cc(C(=O)Nc3cc(C(N)=O)ccc3N3CCCC3)ccc2n1-c1ccccc1. The molecule has 4 aromatic rings. The van der Waals surface area contributed by atoms with Crippen molar-refractivity contribution in [1.82, 2.24) is 9.55 Å². The maximum atomic E-state index is 13.2. The van der Waals surface area contributed by atoms with Crippen molar-refractivity contribution in [3.05, 3.63) is 83.7 Å². The van der Waals surface area contributed by atoms with Crippen molar-refractivity contribution in [2.75, 3.05) is 23.3 Å². The number of anilines is 2. The molecule has 1 aliphatic rings. The number of benzene rings is 3. The van der Waals surface area contributed by atoms with Gasteiger partial charge in [0.15, 0.2) is 0 Å². The minimum absolute atomic E-state index is 0.258. The average molecular weight is 440 g/mol. The molecule has 0 saturated carbocycles. The summed E-state index contributed by atoms with van der Waals surface area (Å²) in [6.45, 7) is 3.78. The van der Waals surface area contributed by atoms with Gasteiger partial charge in [0, 0.05) is 29.9 Å². The predicted molar refractivity (Wildman–Crippen MR) is 130 cm³/mol. The molecule has 3 N–H and O–H groups in total. The number of primary amides is 1. The third-order valence-electron chi connectivity index (χ3n) is 6.07. The fourth-order valence-corrected chi connectivity index (χ4v) is 4.46. The van der Waals surface area contributed by atoms with E-state index in [0.29, 0.717) is 16.8 Å². The highest BCUT2D eigenvalue weighted by atomic mass is 16.2. The van der Waals surface area contributed by atoms with Crippen LogP contribution in [0.3, 0.4) is 0 Å². The maximum Gasteiger partial charge on any atom is 0.255 e. The molecule has 2 amide bonds. The van der Waals surface area contributed by atoms with Crippen molar-refractivity contribution in [3.63, 3.8) is 0 Å². The molecule has 1 aliphatic heterocycles. The number of hydrogen-bond donors (Lipinski definition) is 2. The summed E-state index contributed by atoms with van der Waals surface area (Å²) in [5.74, 6) is 0.0620. The fourth-order valence-electron chi connectivity index (χ4n) is 4.46. The number of para-hydroxylation sites is 1. The first kappa shape index (κ1) is 20.8. The number of carbonyl (C=O) groups is 2. The van der Waals surface area contributed by atoms with E-state index in [1.54, 1.807) is 24.3 Å². The topological polar surface area (TPSA) is 93.2 Å². The normalized spacial score (nSPS) is 13.4. The Balaban J connectivity index is 1.48. The molecule has 3 aromatic carbocycles. The number of aryl methyl sites for hydroxylation is 1. The smallest absolute Gasteiger partial charge is 0.255 e. The molecule has 0 bridgehead atoms. The van der Waals surface area contributed by atoms with Gasteiger partial charge in [-0.05, 0) is 68.3 Å². The lowest BCUT2D eigenvalue weighted by Crippen LogP contribution is -2.22. The van der Waals surface area contributed by atoms with Gasteiger partial charge in [0.2, 0.25) is 5.91 Å². The molecule has 0 radical (unpaired) electrons. The van der Waals surface area contributed by atoms with Gasteiger partial charge in [-0.3, -0.25) is 14.2 Å².